The number of halogens is 2. The summed E-state index contributed by atoms with van der Waals surface area (Å²) in [6.45, 7) is 0.362. The third-order valence-corrected chi connectivity index (χ3v) is 5.43. The van der Waals surface area contributed by atoms with Gasteiger partial charge in [-0.2, -0.15) is 5.10 Å². The molecule has 9 heteroatoms. The molecule has 1 N–H and O–H groups in total. The van der Waals surface area contributed by atoms with E-state index < -0.39 is 17.4 Å². The van der Waals surface area contributed by atoms with Crippen LogP contribution in [0.4, 0.5) is 13.9 Å². The number of nitrogens with zero attached hydrogens (tertiary/aromatic N) is 5. The van der Waals surface area contributed by atoms with E-state index in [2.05, 4.69) is 25.6 Å². The van der Waals surface area contributed by atoms with Crippen molar-refractivity contribution in [3.8, 4) is 10.7 Å². The molecule has 1 aliphatic carbocycles. The summed E-state index contributed by atoms with van der Waals surface area (Å²) in [6.07, 6.45) is 2.81. The van der Waals surface area contributed by atoms with Crippen LogP contribution in [0, 0.1) is 5.82 Å². The third kappa shape index (κ3) is 2.88. The Morgan fingerprint density at radius 1 is 1.32 bits per heavy atom. The van der Waals surface area contributed by atoms with Crippen molar-refractivity contribution in [2.45, 2.75) is 24.4 Å². The summed E-state index contributed by atoms with van der Waals surface area (Å²) in [5.41, 5.74) is 0.527. The van der Waals surface area contributed by atoms with E-state index in [0.717, 1.165) is 10.7 Å². The van der Waals surface area contributed by atoms with E-state index in [-0.39, 0.29) is 12.8 Å². The van der Waals surface area contributed by atoms with Gasteiger partial charge in [-0.05, 0) is 31.0 Å². The van der Waals surface area contributed by atoms with Crippen molar-refractivity contribution in [3.63, 3.8) is 0 Å². The second-order valence-electron chi connectivity index (χ2n) is 6.23. The first-order chi connectivity index (χ1) is 12.1. The molecule has 0 aromatic carbocycles. The van der Waals surface area contributed by atoms with Crippen LogP contribution in [0.5, 0.6) is 0 Å². The van der Waals surface area contributed by atoms with Gasteiger partial charge in [-0.25, -0.2) is 8.78 Å². The minimum absolute atomic E-state index is 0.251. The second-order valence-corrected chi connectivity index (χ2v) is 7.20. The lowest BCUT2D eigenvalue weighted by Crippen LogP contribution is -2.48. The van der Waals surface area contributed by atoms with E-state index in [1.807, 2.05) is 13.1 Å². The number of aryl methyl sites for hydroxylation is 1. The van der Waals surface area contributed by atoms with Crippen LogP contribution < -0.4 is 5.32 Å². The van der Waals surface area contributed by atoms with Crippen molar-refractivity contribution >= 4 is 16.5 Å². The molecule has 0 aliphatic heterocycles. The summed E-state index contributed by atoms with van der Waals surface area (Å²) in [4.78, 5) is 4.15. The van der Waals surface area contributed by atoms with E-state index in [4.69, 9.17) is 0 Å². The highest BCUT2D eigenvalue weighted by atomic mass is 32.1. The van der Waals surface area contributed by atoms with Crippen LogP contribution in [-0.2, 0) is 12.5 Å². The summed E-state index contributed by atoms with van der Waals surface area (Å²) in [6, 6.07) is 4.76. The van der Waals surface area contributed by atoms with Gasteiger partial charge in [-0.1, -0.05) is 11.3 Å². The maximum Gasteiger partial charge on any atom is 0.206 e. The number of aromatic nitrogens is 5. The predicted octanol–water partition coefficient (Wildman–Crippen LogP) is 2.95. The lowest BCUT2D eigenvalue weighted by Gasteiger charge is -2.43. The topological polar surface area (TPSA) is 68.5 Å². The molecule has 3 aromatic heterocycles. The van der Waals surface area contributed by atoms with Crippen molar-refractivity contribution in [3.05, 3.63) is 42.1 Å². The lowest BCUT2D eigenvalue weighted by molar-refractivity contribution is 0.0965. The molecule has 3 heterocycles. The molecule has 0 bridgehead atoms. The molecule has 6 nitrogen and oxygen atoms in total. The summed E-state index contributed by atoms with van der Waals surface area (Å²) >= 11 is 1.38. The zero-order valence-electron chi connectivity index (χ0n) is 13.5. The number of hydrogen-bond donors (Lipinski definition) is 1. The Bertz CT molecular complexity index is 886. The van der Waals surface area contributed by atoms with Gasteiger partial charge in [0.2, 0.25) is 5.13 Å². The lowest BCUT2D eigenvalue weighted by atomic mass is 9.65. The van der Waals surface area contributed by atoms with Crippen LogP contribution in [0.3, 0.4) is 0 Å². The number of hydrogen-bond acceptors (Lipinski definition) is 6. The quantitative estimate of drug-likeness (QED) is 0.756. The Hall–Kier alpha value is -2.42. The van der Waals surface area contributed by atoms with Gasteiger partial charge in [0, 0.05) is 31.4 Å². The molecule has 0 saturated heterocycles. The summed E-state index contributed by atoms with van der Waals surface area (Å²) in [5, 5.41) is 16.9. The van der Waals surface area contributed by atoms with E-state index in [9.17, 15) is 8.78 Å². The summed E-state index contributed by atoms with van der Waals surface area (Å²) < 4.78 is 29.4. The van der Waals surface area contributed by atoms with Crippen molar-refractivity contribution in [2.24, 2.45) is 7.05 Å². The minimum Gasteiger partial charge on any atom is -0.359 e. The van der Waals surface area contributed by atoms with E-state index in [1.54, 1.807) is 10.9 Å². The normalized spacial score (nSPS) is 22.6. The van der Waals surface area contributed by atoms with Crippen LogP contribution in [0.2, 0.25) is 0 Å². The smallest absolute Gasteiger partial charge is 0.206 e. The van der Waals surface area contributed by atoms with E-state index >= 15 is 0 Å². The molecular weight excluding hydrogens is 346 g/mol. The van der Waals surface area contributed by atoms with E-state index in [1.165, 1.54) is 29.7 Å². The summed E-state index contributed by atoms with van der Waals surface area (Å²) in [5.74, 6) is -0.399. The first-order valence-electron chi connectivity index (χ1n) is 7.88. The maximum atomic E-state index is 14.1. The standard InChI is InChI=1S/C16H16F2N6S/c1-24-12(4-6-21-24)14-22-23-15(25-14)20-9-16(7-10(17)8-16)13-11(18)3-2-5-19-13/h2-6,10H,7-9H2,1H3,(H,20,23). The van der Waals surface area contributed by atoms with Gasteiger partial charge in [0.25, 0.3) is 0 Å². The first-order valence-corrected chi connectivity index (χ1v) is 8.70. The molecule has 130 valence electrons. The fourth-order valence-electron chi connectivity index (χ4n) is 3.21. The highest BCUT2D eigenvalue weighted by Crippen LogP contribution is 2.45. The molecule has 0 amide bonds. The number of nitrogens with one attached hydrogen (secondary N) is 1. The van der Waals surface area contributed by atoms with Gasteiger partial charge >= 0.3 is 0 Å². The highest BCUT2D eigenvalue weighted by molar-refractivity contribution is 7.18. The van der Waals surface area contributed by atoms with Crippen molar-refractivity contribution in [1.29, 1.82) is 0 Å². The number of rotatable bonds is 5. The second kappa shape index (κ2) is 6.14. The van der Waals surface area contributed by atoms with Crippen molar-refractivity contribution < 1.29 is 8.78 Å². The molecule has 3 aromatic rings. The molecule has 0 radical (unpaired) electrons. The molecule has 0 atom stereocenters. The highest BCUT2D eigenvalue weighted by Gasteiger charge is 2.48. The van der Waals surface area contributed by atoms with Gasteiger partial charge < -0.3 is 5.32 Å². The third-order valence-electron chi connectivity index (χ3n) is 4.53. The van der Waals surface area contributed by atoms with Crippen LogP contribution >= 0.6 is 11.3 Å². The van der Waals surface area contributed by atoms with Gasteiger partial charge in [0.15, 0.2) is 5.01 Å². The van der Waals surface area contributed by atoms with Crippen molar-refractivity contribution in [2.75, 3.05) is 11.9 Å². The van der Waals surface area contributed by atoms with E-state index in [0.29, 0.717) is 17.4 Å². The molecule has 1 fully saturated rings. The van der Waals surface area contributed by atoms with Crippen LogP contribution in [0.15, 0.2) is 30.6 Å². The maximum absolute atomic E-state index is 14.1. The Labute approximate surface area is 146 Å². The predicted molar refractivity (Wildman–Crippen MR) is 90.6 cm³/mol. The molecule has 1 saturated carbocycles. The van der Waals surface area contributed by atoms with Crippen LogP contribution in [-0.4, -0.2) is 37.7 Å². The largest absolute Gasteiger partial charge is 0.359 e. The Morgan fingerprint density at radius 2 is 2.16 bits per heavy atom. The average Bonchev–Trinajstić information content (AvgIpc) is 3.19. The molecule has 1 aliphatic rings. The SMILES string of the molecule is Cn1nccc1-c1nnc(NCC2(c3ncccc3F)CC(F)C2)s1. The monoisotopic (exact) mass is 362 g/mol. The summed E-state index contributed by atoms with van der Waals surface area (Å²) in [7, 11) is 1.83. The molecular formula is C16H16F2N6S. The first kappa shape index (κ1) is 16.1. The Morgan fingerprint density at radius 3 is 2.84 bits per heavy atom. The van der Waals surface area contributed by atoms with Gasteiger partial charge in [-0.3, -0.25) is 9.67 Å². The molecule has 0 unspecified atom stereocenters. The van der Waals surface area contributed by atoms with Crippen LogP contribution in [0.1, 0.15) is 18.5 Å². The Balaban J connectivity index is 1.53. The minimum atomic E-state index is -0.928. The fourth-order valence-corrected chi connectivity index (χ4v) is 4.01. The number of anilines is 1. The molecule has 0 spiro atoms. The molecule has 4 rings (SSSR count). The number of pyridine rings is 1. The van der Waals surface area contributed by atoms with Crippen molar-refractivity contribution in [1.82, 2.24) is 25.0 Å². The molecule has 25 heavy (non-hydrogen) atoms. The van der Waals surface area contributed by atoms with Gasteiger partial charge in [0.1, 0.15) is 12.0 Å². The van der Waals surface area contributed by atoms with Crippen LogP contribution in [0.25, 0.3) is 10.7 Å². The number of alkyl halides is 1. The van der Waals surface area contributed by atoms with Gasteiger partial charge in [0.05, 0.1) is 11.4 Å². The average molecular weight is 362 g/mol. The zero-order valence-corrected chi connectivity index (χ0v) is 14.3. The Kier molecular flexibility index (Phi) is 3.95. The van der Waals surface area contributed by atoms with Gasteiger partial charge in [-0.15, -0.1) is 10.2 Å². The fraction of sp³-hybridized carbons (Fsp3) is 0.375. The zero-order chi connectivity index (χ0) is 17.4.